The van der Waals surface area contributed by atoms with Gasteiger partial charge in [0.2, 0.25) is 0 Å². The van der Waals surface area contributed by atoms with E-state index in [2.05, 4.69) is 5.32 Å². The van der Waals surface area contributed by atoms with E-state index in [1.165, 1.54) is 26.0 Å². The van der Waals surface area contributed by atoms with Gasteiger partial charge in [0, 0.05) is 5.69 Å². The van der Waals surface area contributed by atoms with Crippen LogP contribution in [-0.4, -0.2) is 40.7 Å². The van der Waals surface area contributed by atoms with Crippen LogP contribution in [0.1, 0.15) is 45.7 Å². The van der Waals surface area contributed by atoms with Gasteiger partial charge >= 0.3 is 5.97 Å². The minimum atomic E-state index is -1.15. The first-order valence-electron chi connectivity index (χ1n) is 9.26. The number of esters is 1. The van der Waals surface area contributed by atoms with Gasteiger partial charge in [0.05, 0.1) is 11.1 Å². The van der Waals surface area contributed by atoms with Crippen LogP contribution in [0.2, 0.25) is 0 Å². The van der Waals surface area contributed by atoms with Gasteiger partial charge in [-0.2, -0.15) is 0 Å². The largest absolute Gasteiger partial charge is 0.451 e. The molecule has 0 aromatic heterocycles. The van der Waals surface area contributed by atoms with Crippen LogP contribution in [0.25, 0.3) is 0 Å². The van der Waals surface area contributed by atoms with Gasteiger partial charge in [0.15, 0.2) is 6.10 Å². The van der Waals surface area contributed by atoms with Crippen LogP contribution in [0.5, 0.6) is 0 Å². The Labute approximate surface area is 168 Å². The molecule has 2 aromatic rings. The van der Waals surface area contributed by atoms with Crippen molar-refractivity contribution < 1.29 is 23.9 Å². The normalized spacial score (nSPS) is 15.0. The van der Waals surface area contributed by atoms with Gasteiger partial charge in [-0.25, -0.2) is 4.79 Å². The maximum absolute atomic E-state index is 12.5. The zero-order valence-electron chi connectivity index (χ0n) is 16.7. The molecule has 0 unspecified atom stereocenters. The Bertz CT molecular complexity index is 979. The summed E-state index contributed by atoms with van der Waals surface area (Å²) in [5, 5.41) is 2.73. The SMILES string of the molecule is Cc1ccc(C)c(NC(=O)[C@@H](C)OC(=O)[C@H](C)N2C(=O)c3ccccc3C2=O)c1. The molecule has 0 aliphatic carbocycles. The van der Waals surface area contributed by atoms with Crippen molar-refractivity contribution in [3.63, 3.8) is 0 Å². The first kappa shape index (κ1) is 20.3. The molecule has 1 aliphatic rings. The van der Waals surface area contributed by atoms with Crippen molar-refractivity contribution in [3.05, 3.63) is 64.7 Å². The highest BCUT2D eigenvalue weighted by Gasteiger charge is 2.41. The topological polar surface area (TPSA) is 92.8 Å². The van der Waals surface area contributed by atoms with E-state index < -0.39 is 35.8 Å². The lowest BCUT2D eigenvalue weighted by Gasteiger charge is -2.23. The second-order valence-electron chi connectivity index (χ2n) is 7.09. The third-order valence-corrected chi connectivity index (χ3v) is 4.87. The predicted molar refractivity (Wildman–Crippen MR) is 107 cm³/mol. The standard InChI is InChI=1S/C22H22N2O5/c1-12-9-10-13(2)18(11-12)23-19(25)15(4)29-22(28)14(3)24-20(26)16-7-5-6-8-17(16)21(24)27/h5-11,14-15H,1-4H3,(H,23,25)/t14-,15+/m0/s1. The summed E-state index contributed by atoms with van der Waals surface area (Å²) in [5.41, 5.74) is 2.98. The van der Waals surface area contributed by atoms with Crippen LogP contribution in [0, 0.1) is 13.8 Å². The van der Waals surface area contributed by atoms with Crippen molar-refractivity contribution in [1.82, 2.24) is 4.90 Å². The van der Waals surface area contributed by atoms with Gasteiger partial charge in [-0.15, -0.1) is 0 Å². The summed E-state index contributed by atoms with van der Waals surface area (Å²) in [5.74, 6) is -2.44. The number of carbonyl (C=O) groups is 4. The van der Waals surface area contributed by atoms with Gasteiger partial charge in [-0.3, -0.25) is 19.3 Å². The maximum Gasteiger partial charge on any atom is 0.329 e. The van der Waals surface area contributed by atoms with Crippen LogP contribution >= 0.6 is 0 Å². The Morgan fingerprint density at radius 1 is 0.966 bits per heavy atom. The molecule has 29 heavy (non-hydrogen) atoms. The highest BCUT2D eigenvalue weighted by Crippen LogP contribution is 2.25. The molecule has 0 radical (unpaired) electrons. The van der Waals surface area contributed by atoms with Crippen LogP contribution < -0.4 is 5.32 Å². The number of benzene rings is 2. The molecule has 3 rings (SSSR count). The first-order valence-corrected chi connectivity index (χ1v) is 9.26. The molecule has 3 amide bonds. The Morgan fingerprint density at radius 2 is 1.55 bits per heavy atom. The molecule has 0 fully saturated rings. The molecule has 2 atom stereocenters. The van der Waals surface area contributed by atoms with Crippen molar-refractivity contribution in [3.8, 4) is 0 Å². The predicted octanol–water partition coefficient (Wildman–Crippen LogP) is 2.86. The second kappa shape index (κ2) is 7.87. The van der Waals surface area contributed by atoms with Crippen molar-refractivity contribution in [2.75, 3.05) is 5.32 Å². The van der Waals surface area contributed by atoms with Crippen molar-refractivity contribution in [1.29, 1.82) is 0 Å². The Kier molecular flexibility index (Phi) is 5.50. The number of aryl methyl sites for hydroxylation is 2. The molecule has 7 nitrogen and oxygen atoms in total. The molecule has 1 aliphatic heterocycles. The number of rotatable bonds is 5. The number of nitrogens with one attached hydrogen (secondary N) is 1. The van der Waals surface area contributed by atoms with Gasteiger partial charge < -0.3 is 10.1 Å². The number of ether oxygens (including phenoxy) is 1. The number of carbonyl (C=O) groups excluding carboxylic acids is 4. The zero-order chi connectivity index (χ0) is 21.3. The second-order valence-corrected chi connectivity index (χ2v) is 7.09. The zero-order valence-corrected chi connectivity index (χ0v) is 16.7. The van der Waals surface area contributed by atoms with Gasteiger partial charge in [-0.05, 0) is 57.0 Å². The molecule has 7 heteroatoms. The third kappa shape index (κ3) is 3.89. The Balaban J connectivity index is 1.66. The molecule has 0 bridgehead atoms. The molecule has 1 N–H and O–H groups in total. The van der Waals surface area contributed by atoms with E-state index in [-0.39, 0.29) is 11.1 Å². The van der Waals surface area contributed by atoms with E-state index in [0.717, 1.165) is 16.0 Å². The number of hydrogen-bond acceptors (Lipinski definition) is 5. The number of anilines is 1. The minimum absolute atomic E-state index is 0.248. The molecule has 2 aromatic carbocycles. The fourth-order valence-corrected chi connectivity index (χ4v) is 3.10. The van der Waals surface area contributed by atoms with E-state index in [1.807, 2.05) is 32.0 Å². The van der Waals surface area contributed by atoms with E-state index >= 15 is 0 Å². The van der Waals surface area contributed by atoms with Gasteiger partial charge in [0.1, 0.15) is 6.04 Å². The highest BCUT2D eigenvalue weighted by atomic mass is 16.5. The summed E-state index contributed by atoms with van der Waals surface area (Å²) in [7, 11) is 0. The number of fused-ring (bicyclic) bond motifs is 1. The lowest BCUT2D eigenvalue weighted by molar-refractivity contribution is -0.156. The smallest absolute Gasteiger partial charge is 0.329 e. The molecule has 0 spiro atoms. The van der Waals surface area contributed by atoms with Crippen LogP contribution in [0.3, 0.4) is 0 Å². The average Bonchev–Trinajstić information content (AvgIpc) is 2.94. The van der Waals surface area contributed by atoms with E-state index in [9.17, 15) is 19.2 Å². The molecular formula is C22H22N2O5. The quantitative estimate of drug-likeness (QED) is 0.622. The number of hydrogen-bond donors (Lipinski definition) is 1. The Morgan fingerprint density at radius 3 is 2.14 bits per heavy atom. The maximum atomic E-state index is 12.5. The summed E-state index contributed by atoms with van der Waals surface area (Å²) in [4.78, 5) is 50.8. The van der Waals surface area contributed by atoms with Gasteiger partial charge in [0.25, 0.3) is 17.7 Å². The molecule has 0 saturated heterocycles. The lowest BCUT2D eigenvalue weighted by atomic mass is 10.1. The summed E-state index contributed by atoms with van der Waals surface area (Å²) >= 11 is 0. The van der Waals surface area contributed by atoms with Crippen LogP contribution in [0.15, 0.2) is 42.5 Å². The van der Waals surface area contributed by atoms with Crippen molar-refractivity contribution in [2.24, 2.45) is 0 Å². The summed E-state index contributed by atoms with van der Waals surface area (Å²) in [6, 6.07) is 10.8. The Hall–Kier alpha value is -3.48. The van der Waals surface area contributed by atoms with Crippen LogP contribution in [-0.2, 0) is 14.3 Å². The summed E-state index contributed by atoms with van der Waals surface area (Å²) in [6.07, 6.45) is -1.10. The van der Waals surface area contributed by atoms with E-state index in [1.54, 1.807) is 12.1 Å². The van der Waals surface area contributed by atoms with E-state index in [0.29, 0.717) is 5.69 Å². The fraction of sp³-hybridized carbons (Fsp3) is 0.273. The van der Waals surface area contributed by atoms with Gasteiger partial charge in [-0.1, -0.05) is 24.3 Å². The van der Waals surface area contributed by atoms with E-state index in [4.69, 9.17) is 4.74 Å². The average molecular weight is 394 g/mol. The minimum Gasteiger partial charge on any atom is -0.451 e. The van der Waals surface area contributed by atoms with Crippen molar-refractivity contribution >= 4 is 29.4 Å². The highest BCUT2D eigenvalue weighted by molar-refractivity contribution is 6.22. The van der Waals surface area contributed by atoms with Crippen LogP contribution in [0.4, 0.5) is 5.69 Å². The number of imide groups is 1. The third-order valence-electron chi connectivity index (χ3n) is 4.87. The molecule has 0 saturated carbocycles. The van der Waals surface area contributed by atoms with Crippen molar-refractivity contribution in [2.45, 2.75) is 39.8 Å². The number of amides is 3. The summed E-state index contributed by atoms with van der Waals surface area (Å²) < 4.78 is 5.23. The molecule has 150 valence electrons. The number of nitrogens with zero attached hydrogens (tertiary/aromatic N) is 1. The monoisotopic (exact) mass is 394 g/mol. The molecule has 1 heterocycles. The lowest BCUT2D eigenvalue weighted by Crippen LogP contribution is -2.45. The first-order chi connectivity index (χ1) is 13.7. The fourth-order valence-electron chi connectivity index (χ4n) is 3.10. The molecular weight excluding hydrogens is 372 g/mol. The summed E-state index contributed by atoms with van der Waals surface area (Å²) in [6.45, 7) is 6.60.